The molecule has 138 valence electrons. The second-order valence-corrected chi connectivity index (χ2v) is 6.69. The SMILES string of the molecule is COc1cc(C(=O)N[C@H]2CCCCC[C@H]2C(=O)O)ccc1OC(C)C. The van der Waals surface area contributed by atoms with Crippen LogP contribution < -0.4 is 14.8 Å². The highest BCUT2D eigenvalue weighted by Gasteiger charge is 2.31. The lowest BCUT2D eigenvalue weighted by atomic mass is 9.94. The Hall–Kier alpha value is -2.24. The van der Waals surface area contributed by atoms with Gasteiger partial charge in [-0.3, -0.25) is 9.59 Å². The number of nitrogens with one attached hydrogen (secondary N) is 1. The van der Waals surface area contributed by atoms with Crippen LogP contribution in [0.5, 0.6) is 11.5 Å². The van der Waals surface area contributed by atoms with Gasteiger partial charge in [0.15, 0.2) is 11.5 Å². The molecule has 6 nitrogen and oxygen atoms in total. The predicted molar refractivity (Wildman–Crippen MR) is 94.2 cm³/mol. The summed E-state index contributed by atoms with van der Waals surface area (Å²) in [6.07, 6.45) is 4.11. The summed E-state index contributed by atoms with van der Waals surface area (Å²) in [5, 5.41) is 12.3. The highest BCUT2D eigenvalue weighted by Crippen LogP contribution is 2.29. The van der Waals surface area contributed by atoms with Crippen LogP contribution in [-0.4, -0.2) is 36.2 Å². The summed E-state index contributed by atoms with van der Waals surface area (Å²) in [5.74, 6) is -0.598. The number of hydrogen-bond donors (Lipinski definition) is 2. The number of rotatable bonds is 6. The summed E-state index contributed by atoms with van der Waals surface area (Å²) in [6, 6.07) is 4.65. The zero-order valence-electron chi connectivity index (χ0n) is 15.1. The van der Waals surface area contributed by atoms with Crippen LogP contribution in [0.3, 0.4) is 0 Å². The van der Waals surface area contributed by atoms with E-state index in [2.05, 4.69) is 5.32 Å². The number of amides is 1. The molecule has 0 aliphatic heterocycles. The molecular formula is C19H27NO5. The standard InChI is InChI=1S/C19H27NO5/c1-12(2)25-16-10-9-13(11-17(16)24-3)18(21)20-15-8-6-4-5-7-14(15)19(22)23/h9-12,14-15H,4-8H2,1-3H3,(H,20,21)(H,22,23)/t14-,15+/m1/s1. The first kappa shape index (κ1) is 19.1. The van der Waals surface area contributed by atoms with Crippen molar-refractivity contribution in [2.75, 3.05) is 7.11 Å². The summed E-state index contributed by atoms with van der Waals surface area (Å²) in [4.78, 5) is 24.1. The topological polar surface area (TPSA) is 84.9 Å². The molecular weight excluding hydrogens is 322 g/mol. The monoisotopic (exact) mass is 349 g/mol. The first-order chi connectivity index (χ1) is 11.9. The molecule has 1 fully saturated rings. The number of methoxy groups -OCH3 is 1. The van der Waals surface area contributed by atoms with Crippen molar-refractivity contribution in [3.8, 4) is 11.5 Å². The molecule has 1 saturated carbocycles. The molecule has 1 aromatic rings. The Morgan fingerprint density at radius 3 is 2.52 bits per heavy atom. The zero-order valence-corrected chi connectivity index (χ0v) is 15.1. The van der Waals surface area contributed by atoms with Gasteiger partial charge in [-0.25, -0.2) is 0 Å². The van der Waals surface area contributed by atoms with Crippen molar-refractivity contribution in [1.29, 1.82) is 0 Å². The maximum absolute atomic E-state index is 12.6. The molecule has 0 bridgehead atoms. The van der Waals surface area contributed by atoms with Gasteiger partial charge in [-0.2, -0.15) is 0 Å². The molecule has 0 aromatic heterocycles. The molecule has 0 unspecified atom stereocenters. The Labute approximate surface area is 148 Å². The Kier molecular flexibility index (Phi) is 6.67. The predicted octanol–water partition coefficient (Wildman–Crippen LogP) is 3.25. The Morgan fingerprint density at radius 2 is 1.88 bits per heavy atom. The van der Waals surface area contributed by atoms with E-state index in [1.165, 1.54) is 7.11 Å². The van der Waals surface area contributed by atoms with Gasteiger partial charge in [0.25, 0.3) is 5.91 Å². The third-order valence-corrected chi connectivity index (χ3v) is 4.44. The minimum Gasteiger partial charge on any atom is -0.493 e. The Bertz CT molecular complexity index is 614. The molecule has 2 N–H and O–H groups in total. The number of ether oxygens (including phenoxy) is 2. The van der Waals surface area contributed by atoms with Crippen molar-refractivity contribution in [2.24, 2.45) is 5.92 Å². The first-order valence-corrected chi connectivity index (χ1v) is 8.80. The Balaban J connectivity index is 2.14. The van der Waals surface area contributed by atoms with Gasteiger partial charge >= 0.3 is 5.97 Å². The summed E-state index contributed by atoms with van der Waals surface area (Å²) >= 11 is 0. The number of hydrogen-bond acceptors (Lipinski definition) is 4. The molecule has 2 rings (SSSR count). The van der Waals surface area contributed by atoms with Crippen molar-refractivity contribution in [2.45, 2.75) is 58.1 Å². The van der Waals surface area contributed by atoms with Gasteiger partial charge in [0, 0.05) is 11.6 Å². The van der Waals surface area contributed by atoms with Crippen molar-refractivity contribution < 1.29 is 24.2 Å². The van der Waals surface area contributed by atoms with Crippen LogP contribution in [0.15, 0.2) is 18.2 Å². The van der Waals surface area contributed by atoms with Gasteiger partial charge in [-0.15, -0.1) is 0 Å². The fourth-order valence-electron chi connectivity index (χ4n) is 3.19. The lowest BCUT2D eigenvalue weighted by Crippen LogP contribution is -2.42. The van der Waals surface area contributed by atoms with E-state index in [1.54, 1.807) is 18.2 Å². The number of carbonyl (C=O) groups excluding carboxylic acids is 1. The molecule has 1 aliphatic carbocycles. The average Bonchev–Trinajstić information content (AvgIpc) is 2.80. The third kappa shape index (κ3) is 5.11. The van der Waals surface area contributed by atoms with Gasteiger partial charge in [-0.1, -0.05) is 19.3 Å². The Morgan fingerprint density at radius 1 is 1.16 bits per heavy atom. The highest BCUT2D eigenvalue weighted by molar-refractivity contribution is 5.95. The molecule has 6 heteroatoms. The largest absolute Gasteiger partial charge is 0.493 e. The first-order valence-electron chi connectivity index (χ1n) is 8.80. The number of carboxylic acid groups (broad SMARTS) is 1. The number of carboxylic acids is 1. The van der Waals surface area contributed by atoms with Gasteiger partial charge in [0.2, 0.25) is 0 Å². The summed E-state index contributed by atoms with van der Waals surface area (Å²) in [5.41, 5.74) is 0.432. The molecule has 2 atom stereocenters. The van der Waals surface area contributed by atoms with E-state index in [1.807, 2.05) is 13.8 Å². The van der Waals surface area contributed by atoms with Crippen molar-refractivity contribution in [1.82, 2.24) is 5.32 Å². The number of benzene rings is 1. The fraction of sp³-hybridized carbons (Fsp3) is 0.579. The normalized spacial score (nSPS) is 20.6. The third-order valence-electron chi connectivity index (χ3n) is 4.44. The maximum Gasteiger partial charge on any atom is 0.308 e. The van der Waals surface area contributed by atoms with Gasteiger partial charge in [0.05, 0.1) is 19.1 Å². The second-order valence-electron chi connectivity index (χ2n) is 6.69. The lowest BCUT2D eigenvalue weighted by Gasteiger charge is -2.23. The van der Waals surface area contributed by atoms with Crippen LogP contribution in [0.1, 0.15) is 56.3 Å². The van der Waals surface area contributed by atoms with Crippen LogP contribution in [0.4, 0.5) is 0 Å². The number of carbonyl (C=O) groups is 2. The number of aliphatic carboxylic acids is 1. The van der Waals surface area contributed by atoms with E-state index in [9.17, 15) is 14.7 Å². The summed E-state index contributed by atoms with van der Waals surface area (Å²) in [7, 11) is 1.52. The minimum absolute atomic E-state index is 0.00381. The molecule has 0 spiro atoms. The molecule has 0 saturated heterocycles. The van der Waals surface area contributed by atoms with Crippen LogP contribution in [-0.2, 0) is 4.79 Å². The van der Waals surface area contributed by atoms with Crippen LogP contribution in [0, 0.1) is 5.92 Å². The van der Waals surface area contributed by atoms with E-state index in [0.29, 0.717) is 29.9 Å². The van der Waals surface area contributed by atoms with Crippen molar-refractivity contribution in [3.63, 3.8) is 0 Å². The van der Waals surface area contributed by atoms with Crippen LogP contribution >= 0.6 is 0 Å². The van der Waals surface area contributed by atoms with E-state index >= 15 is 0 Å². The fourth-order valence-corrected chi connectivity index (χ4v) is 3.19. The molecule has 1 aromatic carbocycles. The highest BCUT2D eigenvalue weighted by atomic mass is 16.5. The van der Waals surface area contributed by atoms with Crippen LogP contribution in [0.2, 0.25) is 0 Å². The molecule has 1 amide bonds. The molecule has 0 heterocycles. The quantitative estimate of drug-likeness (QED) is 0.770. The van der Waals surface area contributed by atoms with E-state index in [-0.39, 0.29) is 18.1 Å². The molecule has 0 radical (unpaired) electrons. The second kappa shape index (κ2) is 8.74. The maximum atomic E-state index is 12.6. The van der Waals surface area contributed by atoms with Crippen molar-refractivity contribution >= 4 is 11.9 Å². The van der Waals surface area contributed by atoms with E-state index < -0.39 is 11.9 Å². The van der Waals surface area contributed by atoms with E-state index in [4.69, 9.17) is 9.47 Å². The van der Waals surface area contributed by atoms with Crippen molar-refractivity contribution in [3.05, 3.63) is 23.8 Å². The van der Waals surface area contributed by atoms with E-state index in [0.717, 1.165) is 19.3 Å². The molecule has 25 heavy (non-hydrogen) atoms. The van der Waals surface area contributed by atoms with Gasteiger partial charge in [0.1, 0.15) is 0 Å². The zero-order chi connectivity index (χ0) is 18.4. The average molecular weight is 349 g/mol. The summed E-state index contributed by atoms with van der Waals surface area (Å²) < 4.78 is 11.0. The smallest absolute Gasteiger partial charge is 0.308 e. The van der Waals surface area contributed by atoms with Crippen LogP contribution in [0.25, 0.3) is 0 Å². The molecule has 1 aliphatic rings. The van der Waals surface area contributed by atoms with Gasteiger partial charge < -0.3 is 19.9 Å². The minimum atomic E-state index is -0.842. The lowest BCUT2D eigenvalue weighted by molar-refractivity contribution is -0.142. The summed E-state index contributed by atoms with van der Waals surface area (Å²) in [6.45, 7) is 3.83. The van der Waals surface area contributed by atoms with Gasteiger partial charge in [-0.05, 0) is 44.9 Å².